The summed E-state index contributed by atoms with van der Waals surface area (Å²) >= 11 is 3.33. The van der Waals surface area contributed by atoms with E-state index in [4.69, 9.17) is 0 Å². The van der Waals surface area contributed by atoms with Gasteiger partial charge < -0.3 is 10.2 Å². The molecule has 0 saturated carbocycles. The van der Waals surface area contributed by atoms with Gasteiger partial charge in [-0.25, -0.2) is 9.97 Å². The lowest BCUT2D eigenvalue weighted by atomic mass is 10.0. The lowest BCUT2D eigenvalue weighted by Crippen LogP contribution is -2.47. The number of amides is 1. The zero-order valence-corrected chi connectivity index (χ0v) is 16.4. The fourth-order valence-electron chi connectivity index (χ4n) is 3.52. The molecule has 0 spiro atoms. The average molecular weight is 426 g/mol. The number of likely N-dealkylation sites (tertiary alicyclic amines) is 1. The summed E-state index contributed by atoms with van der Waals surface area (Å²) in [5, 5.41) is 5.19. The molecule has 1 N–H and O–H groups in total. The fraction of sp³-hybridized carbons (Fsp3) is 0.300. The van der Waals surface area contributed by atoms with Crippen LogP contribution in [0.1, 0.15) is 29.8 Å². The Kier molecular flexibility index (Phi) is 5.29. The lowest BCUT2D eigenvalue weighted by Gasteiger charge is -2.35. The molecular formula is C20H20BrN5O. The smallest absolute Gasteiger partial charge is 0.273 e. The second-order valence-electron chi connectivity index (χ2n) is 6.63. The van der Waals surface area contributed by atoms with Crippen LogP contribution in [0.3, 0.4) is 0 Å². The molecular weight excluding hydrogens is 406 g/mol. The Hall–Kier alpha value is -2.54. The molecule has 4 rings (SSSR count). The van der Waals surface area contributed by atoms with E-state index in [1.807, 2.05) is 35.2 Å². The number of hydrogen-bond donors (Lipinski definition) is 1. The molecule has 1 aromatic carbocycles. The van der Waals surface area contributed by atoms with Crippen LogP contribution in [0.5, 0.6) is 0 Å². The average Bonchev–Trinajstić information content (AvgIpc) is 2.73. The zero-order chi connectivity index (χ0) is 18.6. The second-order valence-corrected chi connectivity index (χ2v) is 7.55. The van der Waals surface area contributed by atoms with Gasteiger partial charge in [-0.2, -0.15) is 0 Å². The van der Waals surface area contributed by atoms with Crippen molar-refractivity contribution in [1.82, 2.24) is 19.9 Å². The number of fused-ring (bicyclic) bond motifs is 1. The van der Waals surface area contributed by atoms with E-state index in [2.05, 4.69) is 36.2 Å². The van der Waals surface area contributed by atoms with Crippen molar-refractivity contribution in [1.29, 1.82) is 0 Å². The van der Waals surface area contributed by atoms with Gasteiger partial charge in [0, 0.05) is 43.1 Å². The number of halogens is 1. The lowest BCUT2D eigenvalue weighted by molar-refractivity contribution is 0.0624. The zero-order valence-electron chi connectivity index (χ0n) is 14.8. The Labute approximate surface area is 166 Å². The van der Waals surface area contributed by atoms with Crippen LogP contribution in [0.4, 0.5) is 5.95 Å². The Balaban J connectivity index is 1.54. The molecule has 1 aliphatic heterocycles. The summed E-state index contributed by atoms with van der Waals surface area (Å²) in [6.45, 7) is 1.37. The number of rotatable bonds is 4. The highest BCUT2D eigenvalue weighted by Crippen LogP contribution is 2.23. The van der Waals surface area contributed by atoms with Crippen molar-refractivity contribution in [3.8, 4) is 0 Å². The minimum atomic E-state index is -0.00461. The van der Waals surface area contributed by atoms with Crippen LogP contribution in [0.25, 0.3) is 10.8 Å². The van der Waals surface area contributed by atoms with Crippen LogP contribution in [-0.4, -0.2) is 44.9 Å². The van der Waals surface area contributed by atoms with E-state index < -0.39 is 0 Å². The van der Waals surface area contributed by atoms with Crippen molar-refractivity contribution in [3.05, 3.63) is 59.1 Å². The Morgan fingerprint density at radius 2 is 1.96 bits per heavy atom. The molecule has 7 heteroatoms. The molecule has 1 saturated heterocycles. The predicted molar refractivity (Wildman–Crippen MR) is 109 cm³/mol. The summed E-state index contributed by atoms with van der Waals surface area (Å²) in [5.74, 6) is 0.564. The number of piperidine rings is 1. The van der Waals surface area contributed by atoms with Crippen molar-refractivity contribution in [3.63, 3.8) is 0 Å². The van der Waals surface area contributed by atoms with Gasteiger partial charge in [-0.05, 0) is 46.6 Å². The maximum absolute atomic E-state index is 13.3. The summed E-state index contributed by atoms with van der Waals surface area (Å²) in [6, 6.07) is 9.92. The van der Waals surface area contributed by atoms with Crippen LogP contribution in [0.2, 0.25) is 0 Å². The van der Waals surface area contributed by atoms with Crippen LogP contribution in [-0.2, 0) is 0 Å². The number of carbonyl (C=O) groups is 1. The van der Waals surface area contributed by atoms with Gasteiger partial charge in [0.05, 0.1) is 4.47 Å². The number of anilines is 1. The van der Waals surface area contributed by atoms with Crippen molar-refractivity contribution in [2.45, 2.75) is 25.3 Å². The van der Waals surface area contributed by atoms with Crippen LogP contribution in [0.15, 0.2) is 53.4 Å². The van der Waals surface area contributed by atoms with E-state index in [0.717, 1.165) is 41.1 Å². The van der Waals surface area contributed by atoms with Gasteiger partial charge in [0.25, 0.3) is 5.91 Å². The minimum Gasteiger partial charge on any atom is -0.352 e. The molecule has 0 radical (unpaired) electrons. The first kappa shape index (κ1) is 17.9. The third-order valence-corrected chi connectivity index (χ3v) is 5.29. The predicted octanol–water partition coefficient (Wildman–Crippen LogP) is 3.89. The van der Waals surface area contributed by atoms with Crippen molar-refractivity contribution < 1.29 is 4.79 Å². The van der Waals surface area contributed by atoms with Crippen LogP contribution in [0, 0.1) is 0 Å². The summed E-state index contributed by atoms with van der Waals surface area (Å²) in [6.07, 6.45) is 8.21. The molecule has 3 aromatic rings. The van der Waals surface area contributed by atoms with Gasteiger partial charge in [-0.1, -0.05) is 24.3 Å². The maximum Gasteiger partial charge on any atom is 0.273 e. The summed E-state index contributed by atoms with van der Waals surface area (Å²) in [5.41, 5.74) is 0.528. The molecule has 1 aliphatic rings. The molecule has 138 valence electrons. The van der Waals surface area contributed by atoms with Gasteiger partial charge in [0.15, 0.2) is 0 Å². The first-order valence-corrected chi connectivity index (χ1v) is 9.88. The Bertz CT molecular complexity index is 941. The molecule has 1 atom stereocenters. The largest absolute Gasteiger partial charge is 0.352 e. The number of hydrogen-bond acceptors (Lipinski definition) is 5. The maximum atomic E-state index is 13.3. The molecule has 3 heterocycles. The fourth-order valence-corrected chi connectivity index (χ4v) is 3.72. The number of carbonyl (C=O) groups excluding carboxylic acids is 1. The van der Waals surface area contributed by atoms with Crippen LogP contribution < -0.4 is 5.32 Å². The highest BCUT2D eigenvalue weighted by atomic mass is 79.9. The molecule has 0 bridgehead atoms. The molecule has 0 aliphatic carbocycles. The second kappa shape index (κ2) is 8.00. The number of nitrogens with one attached hydrogen (secondary N) is 1. The van der Waals surface area contributed by atoms with Crippen molar-refractivity contribution in [2.24, 2.45) is 0 Å². The minimum absolute atomic E-state index is 0.00461. The Morgan fingerprint density at radius 3 is 2.81 bits per heavy atom. The van der Waals surface area contributed by atoms with Gasteiger partial charge in [-0.3, -0.25) is 9.78 Å². The number of benzene rings is 1. The quantitative estimate of drug-likeness (QED) is 0.686. The topological polar surface area (TPSA) is 71.0 Å². The number of aromatic nitrogens is 3. The highest BCUT2D eigenvalue weighted by Gasteiger charge is 2.29. The number of nitrogens with zero attached hydrogens (tertiary/aromatic N) is 4. The molecule has 0 unspecified atom stereocenters. The van der Waals surface area contributed by atoms with E-state index in [9.17, 15) is 4.79 Å². The third-order valence-electron chi connectivity index (χ3n) is 4.88. The van der Waals surface area contributed by atoms with E-state index in [1.165, 1.54) is 0 Å². The molecule has 1 amide bonds. The normalized spacial score (nSPS) is 17.1. The first-order chi connectivity index (χ1) is 13.2. The van der Waals surface area contributed by atoms with Gasteiger partial charge >= 0.3 is 0 Å². The van der Waals surface area contributed by atoms with E-state index in [1.54, 1.807) is 18.6 Å². The van der Waals surface area contributed by atoms with Gasteiger partial charge in [-0.15, -0.1) is 0 Å². The monoisotopic (exact) mass is 425 g/mol. The molecule has 27 heavy (non-hydrogen) atoms. The first-order valence-electron chi connectivity index (χ1n) is 9.08. The number of pyridine rings is 1. The van der Waals surface area contributed by atoms with Crippen molar-refractivity contribution >= 4 is 38.6 Å². The SMILES string of the molecule is O=C(c1nccc2ccccc12)N1CCCC[C@H]1CNc1ncc(Br)cn1. The summed E-state index contributed by atoms with van der Waals surface area (Å²) in [4.78, 5) is 28.1. The summed E-state index contributed by atoms with van der Waals surface area (Å²) in [7, 11) is 0. The molecule has 2 aromatic heterocycles. The molecule has 1 fully saturated rings. The highest BCUT2D eigenvalue weighted by molar-refractivity contribution is 9.10. The van der Waals surface area contributed by atoms with Crippen molar-refractivity contribution in [2.75, 3.05) is 18.4 Å². The summed E-state index contributed by atoms with van der Waals surface area (Å²) < 4.78 is 0.838. The molecule has 6 nitrogen and oxygen atoms in total. The van der Waals surface area contributed by atoms with E-state index in [0.29, 0.717) is 18.2 Å². The standard InChI is InChI=1S/C20H20BrN5O/c21-15-11-23-20(24-12-15)25-13-16-6-3-4-10-26(16)19(27)18-17-7-2-1-5-14(17)8-9-22-18/h1-2,5,7-9,11-12,16H,3-4,6,10,13H2,(H,23,24,25)/t16-/m0/s1. The van der Waals surface area contributed by atoms with Gasteiger partial charge in [0.1, 0.15) is 5.69 Å². The van der Waals surface area contributed by atoms with Crippen LogP contribution >= 0.6 is 15.9 Å². The Morgan fingerprint density at radius 1 is 1.15 bits per heavy atom. The third kappa shape index (κ3) is 3.93. The van der Waals surface area contributed by atoms with E-state index in [-0.39, 0.29) is 11.9 Å². The van der Waals surface area contributed by atoms with Gasteiger partial charge in [0.2, 0.25) is 5.95 Å². The van der Waals surface area contributed by atoms with E-state index >= 15 is 0 Å².